The molecule has 0 nitrogen and oxygen atoms in total. The normalized spacial score (nSPS) is 5.13. The molecule has 0 unspecified atom stereocenters. The molecule has 0 heteroatoms. The second kappa shape index (κ2) is 39.9. The van der Waals surface area contributed by atoms with Crippen LogP contribution in [0.2, 0.25) is 0 Å². The molecule has 1 aromatic rings. The molecule has 0 spiro atoms. The molecule has 15 heavy (non-hydrogen) atoms. The van der Waals surface area contributed by atoms with Gasteiger partial charge in [-0.25, -0.2) is 0 Å². The van der Waals surface area contributed by atoms with E-state index in [4.69, 9.17) is 0 Å². The molecule has 0 bridgehead atoms. The van der Waals surface area contributed by atoms with E-state index in [2.05, 4.69) is 71.7 Å². The molecule has 1 rings (SSSR count). The van der Waals surface area contributed by atoms with Crippen LogP contribution in [0.5, 0.6) is 0 Å². The molecule has 0 aliphatic heterocycles. The highest BCUT2D eigenvalue weighted by Crippen LogP contribution is 1.92. The van der Waals surface area contributed by atoms with Crippen molar-refractivity contribution in [2.45, 2.75) is 6.92 Å². The Morgan fingerprint density at radius 3 is 1.00 bits per heavy atom. The number of aryl methyl sites for hydroxylation is 1. The van der Waals surface area contributed by atoms with Crippen LogP contribution in [-0.2, 0) is 0 Å². The van der Waals surface area contributed by atoms with Crippen molar-refractivity contribution in [3.05, 3.63) is 88.5 Å². The second-order valence-corrected chi connectivity index (χ2v) is 1.65. The SMILES string of the molecule is C=C.C=C.C=C.C=C.Cc1ccccc1. The Balaban J connectivity index is -0.0000000650. The van der Waals surface area contributed by atoms with Crippen LogP contribution in [0.15, 0.2) is 83.0 Å². The number of hydrogen-bond donors (Lipinski definition) is 0. The van der Waals surface area contributed by atoms with Crippen molar-refractivity contribution in [3.63, 3.8) is 0 Å². The average molecular weight is 204 g/mol. The highest BCUT2D eigenvalue weighted by Gasteiger charge is 1.72. The van der Waals surface area contributed by atoms with Gasteiger partial charge in [-0.1, -0.05) is 35.9 Å². The molecule has 0 saturated carbocycles. The van der Waals surface area contributed by atoms with Crippen molar-refractivity contribution >= 4 is 0 Å². The van der Waals surface area contributed by atoms with E-state index in [1.54, 1.807) is 0 Å². The first-order chi connectivity index (χ1) is 7.39. The van der Waals surface area contributed by atoms with Crippen molar-refractivity contribution in [2.75, 3.05) is 0 Å². The minimum absolute atomic E-state index is 1.32. The smallest absolute Gasteiger partial charge is 0.0398 e. The fraction of sp³-hybridized carbons (Fsp3) is 0.0667. The van der Waals surface area contributed by atoms with E-state index in [0.29, 0.717) is 0 Å². The number of hydrogen-bond acceptors (Lipinski definition) is 0. The zero-order valence-electron chi connectivity index (χ0n) is 10.0. The molecule has 0 amide bonds. The van der Waals surface area contributed by atoms with E-state index in [9.17, 15) is 0 Å². The van der Waals surface area contributed by atoms with Gasteiger partial charge in [0.25, 0.3) is 0 Å². The summed E-state index contributed by atoms with van der Waals surface area (Å²) in [5.41, 5.74) is 1.32. The molecule has 1 aromatic carbocycles. The van der Waals surface area contributed by atoms with Crippen molar-refractivity contribution in [1.82, 2.24) is 0 Å². The van der Waals surface area contributed by atoms with Gasteiger partial charge in [0.15, 0.2) is 0 Å². The summed E-state index contributed by atoms with van der Waals surface area (Å²) in [6, 6.07) is 10.3. The molecule has 0 aliphatic rings. The first kappa shape index (κ1) is 23.2. The summed E-state index contributed by atoms with van der Waals surface area (Å²) >= 11 is 0. The molecule has 0 radical (unpaired) electrons. The third kappa shape index (κ3) is 33.0. The molecule has 84 valence electrons. The molecular formula is C15H24. The zero-order valence-corrected chi connectivity index (χ0v) is 10.0. The maximum atomic E-state index is 3.00. The van der Waals surface area contributed by atoms with Crippen LogP contribution in [0.1, 0.15) is 5.56 Å². The topological polar surface area (TPSA) is 0 Å². The predicted molar refractivity (Wildman–Crippen MR) is 76.2 cm³/mol. The lowest BCUT2D eigenvalue weighted by molar-refractivity contribution is 1.48. The van der Waals surface area contributed by atoms with Gasteiger partial charge in [-0.3, -0.25) is 0 Å². The van der Waals surface area contributed by atoms with Gasteiger partial charge < -0.3 is 0 Å². The standard InChI is InChI=1S/C7H8.4C2H4/c1-7-5-3-2-4-6-7;4*1-2/h2-6H,1H3;4*1-2H2. The molecule has 0 heterocycles. The van der Waals surface area contributed by atoms with Crippen LogP contribution < -0.4 is 0 Å². The average Bonchev–Trinajstić information content (AvgIpc) is 2.40. The van der Waals surface area contributed by atoms with Crippen molar-refractivity contribution in [2.24, 2.45) is 0 Å². The second-order valence-electron chi connectivity index (χ2n) is 1.65. The molecule has 0 aliphatic carbocycles. The van der Waals surface area contributed by atoms with E-state index in [0.717, 1.165) is 0 Å². The summed E-state index contributed by atoms with van der Waals surface area (Å²) in [6.45, 7) is 26.1. The largest absolute Gasteiger partial charge is 0.106 e. The summed E-state index contributed by atoms with van der Waals surface area (Å²) in [6.07, 6.45) is 0. The van der Waals surface area contributed by atoms with Gasteiger partial charge in [-0.2, -0.15) is 0 Å². The highest BCUT2D eigenvalue weighted by atomic mass is 13.8. The van der Waals surface area contributed by atoms with Gasteiger partial charge in [-0.05, 0) is 6.92 Å². The van der Waals surface area contributed by atoms with Crippen molar-refractivity contribution in [3.8, 4) is 0 Å². The number of rotatable bonds is 0. The van der Waals surface area contributed by atoms with E-state index < -0.39 is 0 Å². The molecular weight excluding hydrogens is 180 g/mol. The number of benzene rings is 1. The van der Waals surface area contributed by atoms with Crippen molar-refractivity contribution < 1.29 is 0 Å². The van der Waals surface area contributed by atoms with Gasteiger partial charge >= 0.3 is 0 Å². The van der Waals surface area contributed by atoms with Gasteiger partial charge in [0.1, 0.15) is 0 Å². The Morgan fingerprint density at radius 2 is 0.867 bits per heavy atom. The van der Waals surface area contributed by atoms with Crippen LogP contribution in [0.4, 0.5) is 0 Å². The molecule has 0 atom stereocenters. The Kier molecular flexibility index (Phi) is 61.7. The minimum atomic E-state index is 1.32. The molecule has 0 aromatic heterocycles. The van der Waals surface area contributed by atoms with Gasteiger partial charge in [0, 0.05) is 0 Å². The summed E-state index contributed by atoms with van der Waals surface area (Å²) in [5, 5.41) is 0. The maximum Gasteiger partial charge on any atom is -0.0398 e. The van der Waals surface area contributed by atoms with E-state index in [-0.39, 0.29) is 0 Å². The maximum absolute atomic E-state index is 3.00. The minimum Gasteiger partial charge on any atom is -0.106 e. The van der Waals surface area contributed by atoms with Crippen LogP contribution in [-0.4, -0.2) is 0 Å². The molecule has 0 N–H and O–H groups in total. The summed E-state index contributed by atoms with van der Waals surface area (Å²) < 4.78 is 0. The van der Waals surface area contributed by atoms with E-state index in [1.807, 2.05) is 18.2 Å². The fourth-order valence-corrected chi connectivity index (χ4v) is 0.534. The third-order valence-electron chi connectivity index (χ3n) is 0.940. The highest BCUT2D eigenvalue weighted by molar-refractivity contribution is 5.11. The fourth-order valence-electron chi connectivity index (χ4n) is 0.534. The Hall–Kier alpha value is -1.82. The van der Waals surface area contributed by atoms with Crippen LogP contribution in [0.25, 0.3) is 0 Å². The summed E-state index contributed by atoms with van der Waals surface area (Å²) in [4.78, 5) is 0. The zero-order chi connectivity index (χ0) is 13.1. The Labute approximate surface area is 96.0 Å². The third-order valence-corrected chi connectivity index (χ3v) is 0.940. The molecule has 0 saturated heterocycles. The van der Waals surface area contributed by atoms with Gasteiger partial charge in [-0.15, -0.1) is 52.6 Å². The lowest BCUT2D eigenvalue weighted by Crippen LogP contribution is -1.62. The summed E-state index contributed by atoms with van der Waals surface area (Å²) in [7, 11) is 0. The van der Waals surface area contributed by atoms with Crippen molar-refractivity contribution in [1.29, 1.82) is 0 Å². The van der Waals surface area contributed by atoms with Crippen LogP contribution >= 0.6 is 0 Å². The molecule has 0 fully saturated rings. The van der Waals surface area contributed by atoms with Gasteiger partial charge in [0.2, 0.25) is 0 Å². The van der Waals surface area contributed by atoms with Crippen LogP contribution in [0.3, 0.4) is 0 Å². The quantitative estimate of drug-likeness (QED) is 0.509. The lowest BCUT2D eigenvalue weighted by Gasteiger charge is -1.82. The first-order valence-electron chi connectivity index (χ1n) is 4.41. The summed E-state index contributed by atoms with van der Waals surface area (Å²) in [5.74, 6) is 0. The van der Waals surface area contributed by atoms with E-state index >= 15 is 0 Å². The lowest BCUT2D eigenvalue weighted by atomic mass is 10.2. The van der Waals surface area contributed by atoms with Gasteiger partial charge in [0.05, 0.1) is 0 Å². The van der Waals surface area contributed by atoms with E-state index in [1.165, 1.54) is 5.56 Å². The Morgan fingerprint density at radius 1 is 0.600 bits per heavy atom. The first-order valence-corrected chi connectivity index (χ1v) is 4.41. The monoisotopic (exact) mass is 204 g/mol. The Bertz CT molecular complexity index is 168. The van der Waals surface area contributed by atoms with Crippen LogP contribution in [0, 0.1) is 6.92 Å². The predicted octanol–water partition coefficient (Wildman–Crippen LogP) is 5.20.